The Hall–Kier alpha value is -3.60. The van der Waals surface area contributed by atoms with Crippen molar-refractivity contribution in [2.45, 2.75) is 31.5 Å². The molecule has 0 aromatic heterocycles. The maximum Gasteiger partial charge on any atom is 0.119 e. The molecule has 35 heavy (non-hydrogen) atoms. The van der Waals surface area contributed by atoms with Crippen molar-refractivity contribution < 1.29 is 19.7 Å². The number of hydrogen-bond donors (Lipinski definition) is 2. The van der Waals surface area contributed by atoms with Crippen molar-refractivity contribution in [3.05, 3.63) is 119 Å². The molecule has 0 radical (unpaired) electrons. The van der Waals surface area contributed by atoms with Gasteiger partial charge < -0.3 is 19.7 Å². The first-order chi connectivity index (χ1) is 17.1. The van der Waals surface area contributed by atoms with Gasteiger partial charge in [0, 0.05) is 0 Å². The van der Waals surface area contributed by atoms with Crippen LogP contribution in [0.3, 0.4) is 0 Å². The molecule has 0 fully saturated rings. The quantitative estimate of drug-likeness (QED) is 0.314. The topological polar surface area (TPSA) is 58.9 Å². The monoisotopic (exact) mass is 466 g/mol. The van der Waals surface area contributed by atoms with Crippen LogP contribution in [0.4, 0.5) is 0 Å². The fraction of sp³-hybridized carbons (Fsp3) is 0.226. The minimum Gasteiger partial charge on any atom is -0.488 e. The minimum absolute atomic E-state index is 0.0320. The second-order valence-electron chi connectivity index (χ2n) is 9.11. The van der Waals surface area contributed by atoms with Crippen LogP contribution < -0.4 is 9.47 Å². The third kappa shape index (κ3) is 3.99. The summed E-state index contributed by atoms with van der Waals surface area (Å²) in [6.45, 7) is 3.63. The van der Waals surface area contributed by atoms with E-state index in [0.717, 1.165) is 22.6 Å². The first-order valence-corrected chi connectivity index (χ1v) is 12.0. The number of fused-ring (bicyclic) bond motifs is 3. The molecule has 4 nitrogen and oxygen atoms in total. The molecule has 5 rings (SSSR count). The van der Waals surface area contributed by atoms with Crippen LogP contribution >= 0.6 is 0 Å². The van der Waals surface area contributed by atoms with E-state index in [1.54, 1.807) is 0 Å². The minimum atomic E-state index is -0.505. The Labute approximate surface area is 206 Å². The molecule has 2 unspecified atom stereocenters. The molecule has 1 aliphatic rings. The molecule has 0 spiro atoms. The van der Waals surface area contributed by atoms with Gasteiger partial charge in [-0.2, -0.15) is 0 Å². The molecule has 4 aromatic rings. The average molecular weight is 467 g/mol. The Balaban J connectivity index is 1.70. The zero-order valence-corrected chi connectivity index (χ0v) is 20.0. The van der Waals surface area contributed by atoms with Crippen LogP contribution in [-0.2, 0) is 5.41 Å². The predicted octanol–water partition coefficient (Wildman–Crippen LogP) is 5.57. The van der Waals surface area contributed by atoms with Crippen LogP contribution in [0.2, 0.25) is 0 Å². The Bertz CT molecular complexity index is 1190. The molecule has 0 saturated heterocycles. The number of hydrogen-bond acceptors (Lipinski definition) is 4. The number of benzene rings is 4. The van der Waals surface area contributed by atoms with Gasteiger partial charge in [-0.3, -0.25) is 0 Å². The van der Waals surface area contributed by atoms with E-state index >= 15 is 0 Å². The maximum absolute atomic E-state index is 9.38. The van der Waals surface area contributed by atoms with E-state index in [9.17, 15) is 10.2 Å². The van der Waals surface area contributed by atoms with Crippen molar-refractivity contribution in [3.63, 3.8) is 0 Å². The molecule has 2 N–H and O–H groups in total. The molecule has 0 aliphatic heterocycles. The molecule has 2 atom stereocenters. The van der Waals surface area contributed by atoms with Gasteiger partial charge in [-0.15, -0.1) is 0 Å². The zero-order chi connectivity index (χ0) is 24.4. The van der Waals surface area contributed by atoms with Crippen LogP contribution in [0.5, 0.6) is 11.5 Å². The summed E-state index contributed by atoms with van der Waals surface area (Å²) < 4.78 is 11.7. The summed E-state index contributed by atoms with van der Waals surface area (Å²) in [5.41, 5.74) is 6.69. The van der Waals surface area contributed by atoms with Crippen LogP contribution in [-0.4, -0.2) is 35.6 Å². The van der Waals surface area contributed by atoms with Gasteiger partial charge in [-0.05, 0) is 71.5 Å². The highest BCUT2D eigenvalue weighted by atomic mass is 16.5. The van der Waals surface area contributed by atoms with Gasteiger partial charge in [0.05, 0.1) is 18.6 Å². The second-order valence-corrected chi connectivity index (χ2v) is 9.11. The Kier molecular flexibility index (Phi) is 6.33. The molecule has 0 saturated carbocycles. The van der Waals surface area contributed by atoms with E-state index in [2.05, 4.69) is 72.8 Å². The maximum atomic E-state index is 9.38. The number of rotatable bonds is 8. The van der Waals surface area contributed by atoms with Gasteiger partial charge >= 0.3 is 0 Å². The van der Waals surface area contributed by atoms with E-state index in [4.69, 9.17) is 9.47 Å². The highest BCUT2D eigenvalue weighted by Gasteiger charge is 2.45. The summed E-state index contributed by atoms with van der Waals surface area (Å²) in [5.74, 6) is 1.46. The van der Waals surface area contributed by atoms with E-state index in [-0.39, 0.29) is 25.4 Å². The fourth-order valence-corrected chi connectivity index (χ4v) is 5.13. The largest absolute Gasteiger partial charge is 0.488 e. The third-order valence-corrected chi connectivity index (χ3v) is 6.72. The summed E-state index contributed by atoms with van der Waals surface area (Å²) in [6, 6.07) is 33.6. The van der Waals surface area contributed by atoms with Crippen molar-refractivity contribution in [1.82, 2.24) is 0 Å². The van der Waals surface area contributed by atoms with Gasteiger partial charge in [0.1, 0.15) is 23.7 Å². The summed E-state index contributed by atoms with van der Waals surface area (Å²) in [6.07, 6.45) is -0.534. The number of ether oxygens (including phenoxy) is 2. The van der Waals surface area contributed by atoms with Crippen molar-refractivity contribution in [2.24, 2.45) is 0 Å². The van der Waals surface area contributed by atoms with Gasteiger partial charge in [0.25, 0.3) is 0 Å². The molecular weight excluding hydrogens is 436 g/mol. The smallest absolute Gasteiger partial charge is 0.119 e. The van der Waals surface area contributed by atoms with E-state index < -0.39 is 5.41 Å². The number of aliphatic hydroxyl groups is 2. The van der Waals surface area contributed by atoms with E-state index in [0.29, 0.717) is 0 Å². The van der Waals surface area contributed by atoms with Gasteiger partial charge in [-0.25, -0.2) is 0 Å². The Morgan fingerprint density at radius 2 is 0.943 bits per heavy atom. The second kappa shape index (κ2) is 9.57. The third-order valence-electron chi connectivity index (χ3n) is 6.72. The van der Waals surface area contributed by atoms with E-state index in [1.165, 1.54) is 22.3 Å². The lowest BCUT2D eigenvalue weighted by Gasteiger charge is -2.34. The molecule has 1 aliphatic carbocycles. The molecule has 0 bridgehead atoms. The predicted molar refractivity (Wildman–Crippen MR) is 138 cm³/mol. The zero-order valence-electron chi connectivity index (χ0n) is 20.0. The molecule has 0 amide bonds. The summed E-state index contributed by atoms with van der Waals surface area (Å²) in [4.78, 5) is 0. The van der Waals surface area contributed by atoms with Crippen molar-refractivity contribution >= 4 is 0 Å². The molecule has 178 valence electrons. The SMILES string of the molecule is CC(CO)Oc1ccc(C2(c3ccc(OC(C)CO)cc3)c3ccccc3-c3ccccc32)cc1. The lowest BCUT2D eigenvalue weighted by atomic mass is 9.68. The highest BCUT2D eigenvalue weighted by Crippen LogP contribution is 2.56. The molecule has 4 aromatic carbocycles. The molecule has 4 heteroatoms. The van der Waals surface area contributed by atoms with Gasteiger partial charge in [0.2, 0.25) is 0 Å². The van der Waals surface area contributed by atoms with Crippen molar-refractivity contribution in [1.29, 1.82) is 0 Å². The lowest BCUT2D eigenvalue weighted by molar-refractivity contribution is 0.129. The molecule has 0 heterocycles. The molecular formula is C31H30O4. The van der Waals surface area contributed by atoms with Crippen LogP contribution in [0.15, 0.2) is 97.1 Å². The normalized spacial score (nSPS) is 15.1. The van der Waals surface area contributed by atoms with Crippen LogP contribution in [0.1, 0.15) is 36.1 Å². The van der Waals surface area contributed by atoms with Crippen LogP contribution in [0, 0.1) is 0 Å². The van der Waals surface area contributed by atoms with Gasteiger partial charge in [-0.1, -0.05) is 72.8 Å². The van der Waals surface area contributed by atoms with E-state index in [1.807, 2.05) is 38.1 Å². The fourth-order valence-electron chi connectivity index (χ4n) is 5.13. The number of aliphatic hydroxyl groups excluding tert-OH is 2. The average Bonchev–Trinajstić information content (AvgIpc) is 3.21. The summed E-state index contributed by atoms with van der Waals surface area (Å²) in [7, 11) is 0. The Morgan fingerprint density at radius 3 is 1.31 bits per heavy atom. The summed E-state index contributed by atoms with van der Waals surface area (Å²) >= 11 is 0. The summed E-state index contributed by atoms with van der Waals surface area (Å²) in [5, 5.41) is 18.8. The first-order valence-electron chi connectivity index (χ1n) is 12.0. The standard InChI is InChI=1S/C31H30O4/c1-21(19-32)34-25-15-11-23(12-16-25)31(24-13-17-26(18-14-24)35-22(2)20-33)29-9-5-3-7-27(29)28-8-4-6-10-30(28)31/h3-18,21-22,32-33H,19-20H2,1-2H3. The van der Waals surface area contributed by atoms with Gasteiger partial charge in [0.15, 0.2) is 0 Å². The Morgan fingerprint density at radius 1 is 0.571 bits per heavy atom. The van der Waals surface area contributed by atoms with Crippen molar-refractivity contribution in [2.75, 3.05) is 13.2 Å². The highest BCUT2D eigenvalue weighted by molar-refractivity contribution is 5.86. The van der Waals surface area contributed by atoms with Crippen LogP contribution in [0.25, 0.3) is 11.1 Å². The first kappa shape index (κ1) is 23.2. The van der Waals surface area contributed by atoms with Crippen molar-refractivity contribution in [3.8, 4) is 22.6 Å². The lowest BCUT2D eigenvalue weighted by Crippen LogP contribution is -2.28.